The Morgan fingerprint density at radius 3 is 2.33 bits per heavy atom. The van der Waals surface area contributed by atoms with E-state index in [-0.39, 0.29) is 0 Å². The van der Waals surface area contributed by atoms with Crippen molar-refractivity contribution >= 4 is 21.4 Å². The molecule has 118 valence electrons. The Bertz CT molecular complexity index is 560. The molecule has 21 heavy (non-hydrogen) atoms. The third kappa shape index (κ3) is 4.06. The van der Waals surface area contributed by atoms with E-state index in [1.807, 2.05) is 6.07 Å². The molecule has 4 nitrogen and oxygen atoms in total. The summed E-state index contributed by atoms with van der Waals surface area (Å²) in [7, 11) is -3.29. The number of nitrogens with zero attached hydrogens (tertiary/aromatic N) is 1. The molecule has 0 amide bonds. The first-order chi connectivity index (χ1) is 10.1. The quantitative estimate of drug-likeness (QED) is 0.758. The molecule has 2 aliphatic rings. The predicted molar refractivity (Wildman–Crippen MR) is 85.9 cm³/mol. The summed E-state index contributed by atoms with van der Waals surface area (Å²) in [6.45, 7) is 5.15. The van der Waals surface area contributed by atoms with Crippen LogP contribution in [0.5, 0.6) is 0 Å². The van der Waals surface area contributed by atoms with Gasteiger partial charge in [-0.1, -0.05) is 6.92 Å². The molecule has 0 aliphatic heterocycles. The first-order valence-corrected chi connectivity index (χ1v) is 10.1. The average molecular weight is 329 g/mol. The Kier molecular flexibility index (Phi) is 4.69. The van der Waals surface area contributed by atoms with Crippen LogP contribution in [0.15, 0.2) is 16.3 Å². The smallest absolute Gasteiger partial charge is 0.252 e. The molecule has 0 radical (unpaired) electrons. The van der Waals surface area contributed by atoms with Crippen molar-refractivity contribution in [1.82, 2.24) is 9.62 Å². The molecular weight excluding hydrogens is 304 g/mol. The van der Waals surface area contributed by atoms with E-state index in [2.05, 4.69) is 12.2 Å². The number of hydrogen-bond donors (Lipinski definition) is 1. The maximum Gasteiger partial charge on any atom is 0.252 e. The van der Waals surface area contributed by atoms with Crippen LogP contribution in [-0.2, 0) is 16.6 Å². The lowest BCUT2D eigenvalue weighted by molar-refractivity contribution is 0.383. The maximum absolute atomic E-state index is 12.9. The van der Waals surface area contributed by atoms with Crippen molar-refractivity contribution in [3.8, 4) is 0 Å². The van der Waals surface area contributed by atoms with Gasteiger partial charge in [0.2, 0.25) is 0 Å². The molecule has 0 unspecified atom stereocenters. The van der Waals surface area contributed by atoms with E-state index >= 15 is 0 Å². The van der Waals surface area contributed by atoms with Gasteiger partial charge in [-0.05, 0) is 56.2 Å². The van der Waals surface area contributed by atoms with E-state index in [1.54, 1.807) is 10.4 Å². The van der Waals surface area contributed by atoms with Crippen LogP contribution in [0.4, 0.5) is 0 Å². The minimum Gasteiger partial charge on any atom is -0.312 e. The average Bonchev–Trinajstić information content (AvgIpc) is 3.38. The van der Waals surface area contributed by atoms with Crippen LogP contribution in [0.3, 0.4) is 0 Å². The molecule has 1 heterocycles. The lowest BCUT2D eigenvalue weighted by atomic mass is 10.4. The Balaban J connectivity index is 1.73. The van der Waals surface area contributed by atoms with Gasteiger partial charge in [-0.2, -0.15) is 4.31 Å². The second kappa shape index (κ2) is 6.36. The highest BCUT2D eigenvalue weighted by molar-refractivity contribution is 7.91. The molecule has 0 saturated heterocycles. The van der Waals surface area contributed by atoms with E-state index < -0.39 is 10.0 Å². The van der Waals surface area contributed by atoms with Gasteiger partial charge in [0.1, 0.15) is 4.21 Å². The van der Waals surface area contributed by atoms with E-state index in [0.717, 1.165) is 31.1 Å². The van der Waals surface area contributed by atoms with Gasteiger partial charge in [0, 0.05) is 24.5 Å². The number of nitrogens with one attached hydrogen (secondary N) is 1. The van der Waals surface area contributed by atoms with E-state index in [1.165, 1.54) is 37.0 Å². The van der Waals surface area contributed by atoms with Crippen molar-refractivity contribution in [2.45, 2.75) is 43.4 Å². The molecule has 0 bridgehead atoms. The fraction of sp³-hybridized carbons (Fsp3) is 0.733. The minimum absolute atomic E-state index is 0.511. The van der Waals surface area contributed by atoms with Crippen LogP contribution < -0.4 is 5.32 Å². The Morgan fingerprint density at radius 2 is 1.81 bits per heavy atom. The standard InChI is InChI=1S/C15H24N2O2S2/c1-2-16-9-14-7-8-15(20-14)21(18,19)17(10-12-3-4-12)11-13-5-6-13/h7-8,12-13,16H,2-6,9-11H2,1H3. The van der Waals surface area contributed by atoms with Crippen molar-refractivity contribution < 1.29 is 8.42 Å². The summed E-state index contributed by atoms with van der Waals surface area (Å²) < 4.78 is 28.0. The first kappa shape index (κ1) is 15.5. The van der Waals surface area contributed by atoms with Crippen LogP contribution in [0.2, 0.25) is 0 Å². The van der Waals surface area contributed by atoms with Crippen LogP contribution in [-0.4, -0.2) is 32.4 Å². The van der Waals surface area contributed by atoms with Gasteiger partial charge in [-0.3, -0.25) is 0 Å². The zero-order valence-electron chi connectivity index (χ0n) is 12.5. The minimum atomic E-state index is -3.29. The molecule has 2 saturated carbocycles. The molecule has 3 rings (SSSR count). The molecule has 2 aliphatic carbocycles. The lowest BCUT2D eigenvalue weighted by Crippen LogP contribution is -2.34. The number of rotatable bonds is 9. The van der Waals surface area contributed by atoms with Gasteiger partial charge >= 0.3 is 0 Å². The molecule has 0 aromatic carbocycles. The summed E-state index contributed by atoms with van der Waals surface area (Å²) in [6, 6.07) is 3.71. The zero-order chi connectivity index (χ0) is 14.9. The lowest BCUT2D eigenvalue weighted by Gasteiger charge is -2.21. The SMILES string of the molecule is CCNCc1ccc(S(=O)(=O)N(CC2CC2)CC2CC2)s1. The van der Waals surface area contributed by atoms with Gasteiger partial charge in [0.15, 0.2) is 0 Å². The molecular formula is C15H24N2O2S2. The van der Waals surface area contributed by atoms with Gasteiger partial charge in [0.05, 0.1) is 0 Å². The van der Waals surface area contributed by atoms with Crippen LogP contribution >= 0.6 is 11.3 Å². The Hall–Kier alpha value is -0.430. The monoisotopic (exact) mass is 328 g/mol. The van der Waals surface area contributed by atoms with Gasteiger partial charge in [0.25, 0.3) is 10.0 Å². The predicted octanol–water partition coefficient (Wildman–Crippen LogP) is 2.67. The highest BCUT2D eigenvalue weighted by Gasteiger charge is 2.36. The van der Waals surface area contributed by atoms with Crippen LogP contribution in [0, 0.1) is 11.8 Å². The van der Waals surface area contributed by atoms with Crippen molar-refractivity contribution in [3.63, 3.8) is 0 Å². The summed E-state index contributed by atoms with van der Waals surface area (Å²) >= 11 is 1.41. The van der Waals surface area contributed by atoms with Crippen LogP contribution in [0.1, 0.15) is 37.5 Å². The third-order valence-electron chi connectivity index (χ3n) is 4.10. The molecule has 6 heteroatoms. The summed E-state index contributed by atoms with van der Waals surface area (Å²) in [6.07, 6.45) is 4.75. The fourth-order valence-electron chi connectivity index (χ4n) is 2.41. The Morgan fingerprint density at radius 1 is 1.19 bits per heavy atom. The number of hydrogen-bond acceptors (Lipinski definition) is 4. The largest absolute Gasteiger partial charge is 0.312 e. The van der Waals surface area contributed by atoms with Crippen LogP contribution in [0.25, 0.3) is 0 Å². The highest BCUT2D eigenvalue weighted by atomic mass is 32.2. The van der Waals surface area contributed by atoms with Gasteiger partial charge in [-0.25, -0.2) is 8.42 Å². The topological polar surface area (TPSA) is 49.4 Å². The molecule has 0 atom stereocenters. The highest BCUT2D eigenvalue weighted by Crippen LogP contribution is 2.36. The second-order valence-corrected chi connectivity index (χ2v) is 9.54. The van der Waals surface area contributed by atoms with E-state index in [0.29, 0.717) is 16.0 Å². The number of thiophene rings is 1. The van der Waals surface area contributed by atoms with Crippen molar-refractivity contribution in [3.05, 3.63) is 17.0 Å². The molecule has 2 fully saturated rings. The first-order valence-electron chi connectivity index (χ1n) is 7.89. The summed E-state index contributed by atoms with van der Waals surface area (Å²) in [5.74, 6) is 1.19. The summed E-state index contributed by atoms with van der Waals surface area (Å²) in [5.41, 5.74) is 0. The molecule has 1 aromatic heterocycles. The zero-order valence-corrected chi connectivity index (χ0v) is 14.2. The normalized spacial score (nSPS) is 19.3. The van der Waals surface area contributed by atoms with E-state index in [9.17, 15) is 8.42 Å². The summed E-state index contributed by atoms with van der Waals surface area (Å²) in [5, 5.41) is 3.24. The van der Waals surface area contributed by atoms with Crippen molar-refractivity contribution in [1.29, 1.82) is 0 Å². The third-order valence-corrected chi connectivity index (χ3v) is 7.48. The van der Waals surface area contributed by atoms with Gasteiger partial charge < -0.3 is 5.32 Å². The van der Waals surface area contributed by atoms with Crippen molar-refractivity contribution in [2.75, 3.05) is 19.6 Å². The molecule has 1 aromatic rings. The van der Waals surface area contributed by atoms with E-state index in [4.69, 9.17) is 0 Å². The van der Waals surface area contributed by atoms with Gasteiger partial charge in [-0.15, -0.1) is 11.3 Å². The Labute approximate surface area is 131 Å². The fourth-order valence-corrected chi connectivity index (χ4v) is 5.49. The molecule has 1 N–H and O–H groups in total. The summed E-state index contributed by atoms with van der Waals surface area (Å²) in [4.78, 5) is 1.09. The maximum atomic E-state index is 12.9. The second-order valence-electron chi connectivity index (χ2n) is 6.21. The van der Waals surface area contributed by atoms with Crippen molar-refractivity contribution in [2.24, 2.45) is 11.8 Å². The number of sulfonamides is 1. The molecule has 0 spiro atoms.